The van der Waals surface area contributed by atoms with Gasteiger partial charge in [0.25, 0.3) is 0 Å². The van der Waals surface area contributed by atoms with Gasteiger partial charge in [-0.1, -0.05) is 0 Å². The van der Waals surface area contributed by atoms with Crippen LogP contribution in [0.3, 0.4) is 0 Å². The van der Waals surface area contributed by atoms with E-state index in [2.05, 4.69) is 15.6 Å². The van der Waals surface area contributed by atoms with Crippen molar-refractivity contribution in [3.8, 4) is 0 Å². The van der Waals surface area contributed by atoms with Gasteiger partial charge in [0.15, 0.2) is 0 Å². The Balaban J connectivity index is 1.96. The van der Waals surface area contributed by atoms with E-state index in [1.54, 1.807) is 39.0 Å². The molecule has 0 spiro atoms. The zero-order valence-corrected chi connectivity index (χ0v) is 20.4. The van der Waals surface area contributed by atoms with Gasteiger partial charge in [0.05, 0.1) is 15.9 Å². The van der Waals surface area contributed by atoms with E-state index in [9.17, 15) is 18.0 Å². The van der Waals surface area contributed by atoms with Gasteiger partial charge in [-0.05, 0) is 45.9 Å². The Morgan fingerprint density at radius 2 is 1.81 bits per heavy atom. The first kappa shape index (κ1) is 25.6. The second-order valence-electron chi connectivity index (χ2n) is 8.49. The fourth-order valence-corrected chi connectivity index (χ4v) is 3.99. The maximum atomic E-state index is 12.4. The van der Waals surface area contributed by atoms with E-state index in [4.69, 9.17) is 4.74 Å². The Bertz CT molecular complexity index is 1070. The lowest BCUT2D eigenvalue weighted by Gasteiger charge is -2.19. The molecule has 178 valence electrons. The highest BCUT2D eigenvalue weighted by Gasteiger charge is 2.20. The van der Waals surface area contributed by atoms with Crippen molar-refractivity contribution in [3.05, 3.63) is 24.0 Å². The number of imidazole rings is 1. The highest BCUT2D eigenvalue weighted by Crippen LogP contribution is 2.22. The fourth-order valence-electron chi connectivity index (χ4n) is 3.07. The summed E-state index contributed by atoms with van der Waals surface area (Å²) in [6, 6.07) is 4.87. The summed E-state index contributed by atoms with van der Waals surface area (Å²) in [5.74, 6) is 0.547. The summed E-state index contributed by atoms with van der Waals surface area (Å²) in [4.78, 5) is 28.5. The molecule has 32 heavy (non-hydrogen) atoms. The lowest BCUT2D eigenvalue weighted by atomic mass is 10.2. The van der Waals surface area contributed by atoms with E-state index in [1.807, 2.05) is 11.5 Å². The third kappa shape index (κ3) is 6.67. The van der Waals surface area contributed by atoms with E-state index in [-0.39, 0.29) is 30.3 Å². The van der Waals surface area contributed by atoms with E-state index < -0.39 is 21.7 Å². The van der Waals surface area contributed by atoms with E-state index in [0.29, 0.717) is 24.3 Å². The minimum Gasteiger partial charge on any atom is -0.444 e. The number of aromatic nitrogens is 2. The normalized spacial score (nSPS) is 12.2. The van der Waals surface area contributed by atoms with E-state index in [0.717, 1.165) is 9.82 Å². The van der Waals surface area contributed by atoms with Crippen LogP contribution in [0.1, 0.15) is 39.9 Å². The van der Waals surface area contributed by atoms with Gasteiger partial charge in [0.2, 0.25) is 15.9 Å². The zero-order valence-electron chi connectivity index (χ0n) is 19.6. The minimum absolute atomic E-state index is 0.165. The van der Waals surface area contributed by atoms with Crippen LogP contribution in [0.5, 0.6) is 0 Å². The van der Waals surface area contributed by atoms with Crippen LogP contribution >= 0.6 is 0 Å². The molecule has 10 nitrogen and oxygen atoms in total. The van der Waals surface area contributed by atoms with Crippen molar-refractivity contribution in [2.24, 2.45) is 0 Å². The molecule has 2 N–H and O–H groups in total. The predicted molar refractivity (Wildman–Crippen MR) is 122 cm³/mol. The number of carbonyl (C=O) groups is 2. The number of hydrogen-bond acceptors (Lipinski definition) is 6. The highest BCUT2D eigenvalue weighted by molar-refractivity contribution is 7.89. The van der Waals surface area contributed by atoms with Crippen molar-refractivity contribution in [3.63, 3.8) is 0 Å². The lowest BCUT2D eigenvalue weighted by Crippen LogP contribution is -2.37. The van der Waals surface area contributed by atoms with Crippen molar-refractivity contribution in [1.29, 1.82) is 0 Å². The van der Waals surface area contributed by atoms with E-state index >= 15 is 0 Å². The first-order valence-electron chi connectivity index (χ1n) is 10.5. The second kappa shape index (κ2) is 10.3. The average Bonchev–Trinajstić information content (AvgIpc) is 3.04. The number of alkyl carbamates (subject to hydrolysis) is 1. The molecule has 0 aliphatic heterocycles. The first-order valence-corrected chi connectivity index (χ1v) is 11.9. The zero-order chi connectivity index (χ0) is 24.1. The molecule has 0 saturated carbocycles. The summed E-state index contributed by atoms with van der Waals surface area (Å²) >= 11 is 0. The maximum Gasteiger partial charge on any atom is 0.407 e. The van der Waals surface area contributed by atoms with Crippen molar-refractivity contribution < 1.29 is 22.7 Å². The van der Waals surface area contributed by atoms with Crippen LogP contribution in [-0.4, -0.2) is 67.1 Å². The number of sulfonamides is 1. The van der Waals surface area contributed by atoms with Crippen molar-refractivity contribution >= 4 is 33.1 Å². The van der Waals surface area contributed by atoms with Crippen molar-refractivity contribution in [2.45, 2.75) is 57.6 Å². The van der Waals surface area contributed by atoms with Gasteiger partial charge in [-0.2, -0.15) is 0 Å². The minimum atomic E-state index is -3.55. The molecule has 11 heteroatoms. The Morgan fingerprint density at radius 3 is 2.41 bits per heavy atom. The number of ether oxygens (including phenoxy) is 1. The number of amides is 2. The summed E-state index contributed by atoms with van der Waals surface area (Å²) < 4.78 is 33.0. The number of aryl methyl sites for hydroxylation is 2. The maximum absolute atomic E-state index is 12.4. The molecule has 2 rings (SSSR count). The van der Waals surface area contributed by atoms with Crippen LogP contribution in [0.15, 0.2) is 23.1 Å². The molecule has 2 aromatic rings. The smallest absolute Gasteiger partial charge is 0.407 e. The van der Waals surface area contributed by atoms with E-state index in [1.165, 1.54) is 14.1 Å². The highest BCUT2D eigenvalue weighted by atomic mass is 32.2. The van der Waals surface area contributed by atoms with Gasteiger partial charge >= 0.3 is 6.09 Å². The largest absolute Gasteiger partial charge is 0.444 e. The topological polar surface area (TPSA) is 123 Å². The Morgan fingerprint density at radius 1 is 1.16 bits per heavy atom. The molecular formula is C21H33N5O5S. The number of benzene rings is 1. The SMILES string of the molecule is CCn1c(CCC(=O)NCCNC(=O)OC(C)(C)C)nc2cc(S(=O)(=O)N(C)C)ccc21. The van der Waals surface area contributed by atoms with Gasteiger partial charge < -0.3 is 19.9 Å². The molecule has 0 aliphatic carbocycles. The molecule has 0 unspecified atom stereocenters. The standard InChI is InChI=1S/C21H33N5O5S/c1-7-26-17-9-8-15(32(29,30)25(5)6)14-16(17)24-18(26)10-11-19(27)22-12-13-23-20(28)31-21(2,3)4/h8-9,14H,7,10-13H2,1-6H3,(H,22,27)(H,23,28). The summed E-state index contributed by atoms with van der Waals surface area (Å²) in [6.45, 7) is 8.50. The third-order valence-electron chi connectivity index (χ3n) is 4.58. The molecule has 1 aromatic heterocycles. The van der Waals surface area contributed by atoms with Crippen LogP contribution in [0.4, 0.5) is 4.79 Å². The Labute approximate surface area is 189 Å². The molecule has 0 fully saturated rings. The third-order valence-corrected chi connectivity index (χ3v) is 6.40. The Kier molecular flexibility index (Phi) is 8.24. The van der Waals surface area contributed by atoms with Gasteiger partial charge in [-0.25, -0.2) is 22.5 Å². The number of nitrogens with zero attached hydrogens (tertiary/aromatic N) is 3. The van der Waals surface area contributed by atoms with Crippen LogP contribution in [0.2, 0.25) is 0 Å². The van der Waals surface area contributed by atoms with Crippen LogP contribution in [0.25, 0.3) is 11.0 Å². The molecule has 1 heterocycles. The quantitative estimate of drug-likeness (QED) is 0.543. The number of hydrogen-bond donors (Lipinski definition) is 2. The number of rotatable bonds is 9. The molecule has 0 saturated heterocycles. The van der Waals surface area contributed by atoms with Gasteiger partial charge in [-0.3, -0.25) is 4.79 Å². The predicted octanol–water partition coefficient (Wildman–Crippen LogP) is 1.88. The monoisotopic (exact) mass is 467 g/mol. The molecule has 0 aliphatic rings. The molecule has 1 aromatic carbocycles. The van der Waals surface area contributed by atoms with Crippen LogP contribution in [0, 0.1) is 0 Å². The summed E-state index contributed by atoms with van der Waals surface area (Å²) in [6.07, 6.45) is 0.0986. The number of carbonyl (C=O) groups excluding carboxylic acids is 2. The van der Waals surface area contributed by atoms with Crippen molar-refractivity contribution in [2.75, 3.05) is 27.2 Å². The fraction of sp³-hybridized carbons (Fsp3) is 0.571. The van der Waals surface area contributed by atoms with Crippen LogP contribution in [-0.2, 0) is 32.5 Å². The van der Waals surface area contributed by atoms with Crippen molar-refractivity contribution in [1.82, 2.24) is 24.5 Å². The molecule has 0 bridgehead atoms. The second-order valence-corrected chi connectivity index (χ2v) is 10.6. The average molecular weight is 468 g/mol. The summed E-state index contributed by atoms with van der Waals surface area (Å²) in [5.41, 5.74) is 0.823. The first-order chi connectivity index (χ1) is 14.8. The molecular weight excluding hydrogens is 434 g/mol. The molecule has 0 radical (unpaired) electrons. The van der Waals surface area contributed by atoms with Crippen LogP contribution < -0.4 is 10.6 Å². The van der Waals surface area contributed by atoms with Gasteiger partial charge in [0.1, 0.15) is 11.4 Å². The summed E-state index contributed by atoms with van der Waals surface area (Å²) in [5, 5.41) is 5.34. The molecule has 2 amide bonds. The Hall–Kier alpha value is -2.66. The van der Waals surface area contributed by atoms with Gasteiger partial charge in [0, 0.05) is 46.6 Å². The lowest BCUT2D eigenvalue weighted by molar-refractivity contribution is -0.121. The number of fused-ring (bicyclic) bond motifs is 1. The molecule has 0 atom stereocenters. The van der Waals surface area contributed by atoms with Gasteiger partial charge in [-0.15, -0.1) is 0 Å². The number of nitrogens with one attached hydrogen (secondary N) is 2. The summed E-state index contributed by atoms with van der Waals surface area (Å²) in [7, 11) is -0.586.